The zero-order chi connectivity index (χ0) is 30.8. The Labute approximate surface area is 262 Å². The summed E-state index contributed by atoms with van der Waals surface area (Å²) in [6.45, 7) is 4.50. The maximum Gasteiger partial charge on any atom is 0.306 e. The molecule has 0 aliphatic heterocycles. The van der Waals surface area contributed by atoms with E-state index in [1.807, 2.05) is 0 Å². The molecule has 0 aliphatic carbocycles. The van der Waals surface area contributed by atoms with Crippen molar-refractivity contribution in [2.75, 3.05) is 0 Å². The van der Waals surface area contributed by atoms with Crippen molar-refractivity contribution < 1.29 is 19.4 Å². The zero-order valence-corrected chi connectivity index (χ0v) is 28.3. The highest BCUT2D eigenvalue weighted by molar-refractivity contribution is 5.69. The fraction of sp³-hybridized carbons (Fsp3) is 0.895. The number of carbonyl (C=O) groups is 2. The Morgan fingerprint density at radius 2 is 0.857 bits per heavy atom. The van der Waals surface area contributed by atoms with Gasteiger partial charge >= 0.3 is 11.9 Å². The molecule has 0 fully saturated rings. The molecule has 248 valence electrons. The average molecular weight is 593 g/mol. The number of hydrogen-bond donors (Lipinski definition) is 1. The molecular formula is C38H72O4. The minimum Gasteiger partial charge on any atom is -0.481 e. The topological polar surface area (TPSA) is 63.6 Å². The predicted octanol–water partition coefficient (Wildman–Crippen LogP) is 12.7. The standard InChI is InChI=1S/C38H72O4/c1-3-5-7-9-10-11-12-13-14-15-16-17-18-19-20-21-22-23-24-26-31-35-38(41)42-36(32-28-25-8-6-4-2)33-29-27-30-34-37(39)40/h13-14,36H,3-12,15-35H2,1-2H3,(H,39,40)/b14-13-. The molecule has 42 heavy (non-hydrogen) atoms. The first-order valence-electron chi connectivity index (χ1n) is 18.7. The van der Waals surface area contributed by atoms with Crippen LogP contribution < -0.4 is 0 Å². The summed E-state index contributed by atoms with van der Waals surface area (Å²) in [5.74, 6) is -0.760. The summed E-state index contributed by atoms with van der Waals surface area (Å²) < 4.78 is 5.87. The summed E-state index contributed by atoms with van der Waals surface area (Å²) in [5.41, 5.74) is 0. The number of carboxylic acid groups (broad SMARTS) is 1. The van der Waals surface area contributed by atoms with E-state index in [0.717, 1.165) is 44.9 Å². The first kappa shape index (κ1) is 40.7. The van der Waals surface area contributed by atoms with E-state index < -0.39 is 5.97 Å². The van der Waals surface area contributed by atoms with Gasteiger partial charge in [0.1, 0.15) is 6.10 Å². The molecule has 0 aliphatic rings. The van der Waals surface area contributed by atoms with Crippen LogP contribution in [-0.4, -0.2) is 23.1 Å². The van der Waals surface area contributed by atoms with E-state index in [4.69, 9.17) is 9.84 Å². The molecule has 0 saturated carbocycles. The van der Waals surface area contributed by atoms with Gasteiger partial charge in [-0.3, -0.25) is 9.59 Å². The molecule has 1 N–H and O–H groups in total. The van der Waals surface area contributed by atoms with Gasteiger partial charge in [0.05, 0.1) is 0 Å². The van der Waals surface area contributed by atoms with E-state index in [1.54, 1.807) is 0 Å². The molecule has 0 spiro atoms. The average Bonchev–Trinajstić information content (AvgIpc) is 2.97. The minimum atomic E-state index is -0.725. The van der Waals surface area contributed by atoms with E-state index in [0.29, 0.717) is 12.8 Å². The maximum absolute atomic E-state index is 12.5. The molecule has 0 saturated heterocycles. The van der Waals surface area contributed by atoms with Crippen LogP contribution in [0.25, 0.3) is 0 Å². The van der Waals surface area contributed by atoms with Crippen molar-refractivity contribution in [3.05, 3.63) is 12.2 Å². The quantitative estimate of drug-likeness (QED) is 0.0458. The number of carbonyl (C=O) groups excluding carboxylic acids is 1. The third kappa shape index (κ3) is 33.2. The molecule has 4 heteroatoms. The summed E-state index contributed by atoms with van der Waals surface area (Å²) in [4.78, 5) is 23.2. The van der Waals surface area contributed by atoms with Crippen LogP contribution in [0.5, 0.6) is 0 Å². The maximum atomic E-state index is 12.5. The Hall–Kier alpha value is -1.32. The van der Waals surface area contributed by atoms with Gasteiger partial charge in [-0.2, -0.15) is 0 Å². The Morgan fingerprint density at radius 1 is 0.500 bits per heavy atom. The second-order valence-corrected chi connectivity index (χ2v) is 12.8. The van der Waals surface area contributed by atoms with Crippen molar-refractivity contribution in [1.82, 2.24) is 0 Å². The van der Waals surface area contributed by atoms with Gasteiger partial charge < -0.3 is 9.84 Å². The number of ether oxygens (including phenoxy) is 1. The van der Waals surface area contributed by atoms with Crippen molar-refractivity contribution in [1.29, 1.82) is 0 Å². The van der Waals surface area contributed by atoms with Gasteiger partial charge in [-0.25, -0.2) is 0 Å². The first-order chi connectivity index (χ1) is 20.6. The third-order valence-corrected chi connectivity index (χ3v) is 8.49. The number of aliphatic carboxylic acids is 1. The van der Waals surface area contributed by atoms with E-state index in [9.17, 15) is 9.59 Å². The van der Waals surface area contributed by atoms with Crippen molar-refractivity contribution in [2.45, 2.75) is 219 Å². The molecule has 0 radical (unpaired) electrons. The first-order valence-corrected chi connectivity index (χ1v) is 18.7. The van der Waals surface area contributed by atoms with Gasteiger partial charge in [0.15, 0.2) is 0 Å². The Bertz CT molecular complexity index is 600. The molecule has 1 unspecified atom stereocenters. The molecule has 0 aromatic rings. The van der Waals surface area contributed by atoms with Crippen LogP contribution >= 0.6 is 0 Å². The molecule has 0 rings (SSSR count). The van der Waals surface area contributed by atoms with Crippen molar-refractivity contribution in [3.8, 4) is 0 Å². The molecule has 4 nitrogen and oxygen atoms in total. The Kier molecular flexibility index (Phi) is 33.1. The van der Waals surface area contributed by atoms with Crippen LogP contribution in [0, 0.1) is 0 Å². The number of carboxylic acids is 1. The molecule has 0 aromatic heterocycles. The lowest BCUT2D eigenvalue weighted by Crippen LogP contribution is -2.18. The monoisotopic (exact) mass is 593 g/mol. The van der Waals surface area contributed by atoms with Crippen LogP contribution in [0.2, 0.25) is 0 Å². The van der Waals surface area contributed by atoms with Gasteiger partial charge in [0, 0.05) is 12.8 Å². The van der Waals surface area contributed by atoms with Crippen LogP contribution in [0.1, 0.15) is 213 Å². The fourth-order valence-corrected chi connectivity index (χ4v) is 5.71. The smallest absolute Gasteiger partial charge is 0.306 e. The molecule has 0 bridgehead atoms. The van der Waals surface area contributed by atoms with Crippen LogP contribution in [0.3, 0.4) is 0 Å². The van der Waals surface area contributed by atoms with E-state index in [1.165, 1.54) is 135 Å². The normalized spacial score (nSPS) is 12.2. The van der Waals surface area contributed by atoms with E-state index in [-0.39, 0.29) is 18.5 Å². The highest BCUT2D eigenvalue weighted by Crippen LogP contribution is 2.18. The molecule has 1 atom stereocenters. The van der Waals surface area contributed by atoms with Gasteiger partial charge in [0.2, 0.25) is 0 Å². The lowest BCUT2D eigenvalue weighted by atomic mass is 10.0. The third-order valence-electron chi connectivity index (χ3n) is 8.49. The lowest BCUT2D eigenvalue weighted by molar-refractivity contribution is -0.150. The van der Waals surface area contributed by atoms with Crippen LogP contribution in [-0.2, 0) is 14.3 Å². The summed E-state index contributed by atoms with van der Waals surface area (Å²) in [7, 11) is 0. The van der Waals surface area contributed by atoms with Gasteiger partial charge in [-0.1, -0.05) is 148 Å². The summed E-state index contributed by atoms with van der Waals surface area (Å²) >= 11 is 0. The van der Waals surface area contributed by atoms with Crippen molar-refractivity contribution >= 4 is 11.9 Å². The minimum absolute atomic E-state index is 0.00956. The number of allylic oxidation sites excluding steroid dienone is 2. The van der Waals surface area contributed by atoms with Crippen molar-refractivity contribution in [3.63, 3.8) is 0 Å². The largest absolute Gasteiger partial charge is 0.481 e. The van der Waals surface area contributed by atoms with Crippen LogP contribution in [0.4, 0.5) is 0 Å². The lowest BCUT2D eigenvalue weighted by Gasteiger charge is -2.18. The van der Waals surface area contributed by atoms with Gasteiger partial charge in [0.25, 0.3) is 0 Å². The summed E-state index contributed by atoms with van der Waals surface area (Å²) in [5, 5.41) is 8.82. The Morgan fingerprint density at radius 3 is 1.31 bits per heavy atom. The predicted molar refractivity (Wildman–Crippen MR) is 181 cm³/mol. The van der Waals surface area contributed by atoms with Crippen LogP contribution in [0.15, 0.2) is 12.2 Å². The molecule has 0 heterocycles. The van der Waals surface area contributed by atoms with Crippen molar-refractivity contribution in [2.24, 2.45) is 0 Å². The zero-order valence-electron chi connectivity index (χ0n) is 28.3. The molecular weight excluding hydrogens is 520 g/mol. The molecule has 0 aromatic carbocycles. The van der Waals surface area contributed by atoms with Gasteiger partial charge in [-0.05, 0) is 64.2 Å². The fourth-order valence-electron chi connectivity index (χ4n) is 5.71. The second-order valence-electron chi connectivity index (χ2n) is 12.8. The highest BCUT2D eigenvalue weighted by atomic mass is 16.5. The second kappa shape index (κ2) is 34.2. The van der Waals surface area contributed by atoms with E-state index >= 15 is 0 Å². The Balaban J connectivity index is 3.65. The highest BCUT2D eigenvalue weighted by Gasteiger charge is 2.14. The number of esters is 1. The number of unbranched alkanes of at least 4 members (excludes halogenated alkanes) is 23. The SMILES string of the molecule is CCCCCCCC/C=C\CCCCCCCCCCCCCC(=O)OC(CCCCCCC)CCCCCC(=O)O. The summed E-state index contributed by atoms with van der Waals surface area (Å²) in [6, 6.07) is 0. The van der Waals surface area contributed by atoms with Gasteiger partial charge in [-0.15, -0.1) is 0 Å². The number of hydrogen-bond acceptors (Lipinski definition) is 3. The number of rotatable bonds is 34. The molecule has 0 amide bonds. The van der Waals surface area contributed by atoms with E-state index in [2.05, 4.69) is 26.0 Å². The summed E-state index contributed by atoms with van der Waals surface area (Å²) in [6.07, 6.45) is 41.1.